The third kappa shape index (κ3) is 5.36. The Labute approximate surface area is 282 Å². The first-order valence-corrected chi connectivity index (χ1v) is 16.0. The number of allylic oxidation sites excluding steroid dienone is 2. The molecule has 49 heavy (non-hydrogen) atoms. The van der Waals surface area contributed by atoms with Gasteiger partial charge in [0.15, 0.2) is 17.6 Å². The fourth-order valence-electron chi connectivity index (χ4n) is 9.24. The number of ketones is 1. The summed E-state index contributed by atoms with van der Waals surface area (Å²) in [6, 6.07) is 0. The van der Waals surface area contributed by atoms with Gasteiger partial charge >= 0.3 is 35.8 Å². The lowest BCUT2D eigenvalue weighted by Crippen LogP contribution is -2.80. The molecule has 0 aromatic rings. The van der Waals surface area contributed by atoms with Crippen LogP contribution >= 0.6 is 0 Å². The highest BCUT2D eigenvalue weighted by Gasteiger charge is 2.86. The predicted octanol–water partition coefficient (Wildman–Crippen LogP) is 1.41. The van der Waals surface area contributed by atoms with Crippen LogP contribution in [0.1, 0.15) is 68.2 Å². The van der Waals surface area contributed by atoms with Crippen LogP contribution in [-0.4, -0.2) is 96.0 Å². The van der Waals surface area contributed by atoms with Crippen molar-refractivity contribution in [1.82, 2.24) is 0 Å². The Morgan fingerprint density at radius 2 is 1.59 bits per heavy atom. The first-order chi connectivity index (χ1) is 22.7. The van der Waals surface area contributed by atoms with Gasteiger partial charge in [0.1, 0.15) is 12.2 Å². The molecule has 0 radical (unpaired) electrons. The number of fused-ring (bicyclic) bond motifs is 2. The summed E-state index contributed by atoms with van der Waals surface area (Å²) in [6.07, 6.45) is -5.33. The molecule has 15 heteroatoms. The SMILES string of the molecule is COC(=O)[C@@]12OC[C@]34[C@H]([C@@H](OC(C)=O)[C@@H]1OC(C)=O)[C@@]1(C)CC(=O)C(OC(C)=O)=C(C)[C@@H]1C[C@H]3OC(=O)[C@H](OC(=O)/C=C(\C)C(C)(C)O)[C@@H]24. The number of aliphatic hydroxyl groups is 1. The molecule has 3 aliphatic carbocycles. The van der Waals surface area contributed by atoms with Gasteiger partial charge < -0.3 is 38.3 Å². The quantitative estimate of drug-likeness (QED) is 0.228. The summed E-state index contributed by atoms with van der Waals surface area (Å²) in [5.41, 5.74) is -5.84. The Morgan fingerprint density at radius 3 is 2.14 bits per heavy atom. The van der Waals surface area contributed by atoms with Crippen molar-refractivity contribution in [2.24, 2.45) is 28.6 Å². The van der Waals surface area contributed by atoms with E-state index in [4.69, 9.17) is 33.2 Å². The molecule has 1 N–H and O–H groups in total. The van der Waals surface area contributed by atoms with E-state index < -0.39 is 106 Å². The highest BCUT2D eigenvalue weighted by Crippen LogP contribution is 2.73. The second-order valence-corrected chi connectivity index (χ2v) is 14.4. The van der Waals surface area contributed by atoms with Crippen LogP contribution in [-0.2, 0) is 66.7 Å². The van der Waals surface area contributed by atoms with Crippen LogP contribution in [0, 0.1) is 28.6 Å². The maximum Gasteiger partial charge on any atom is 0.348 e. The number of Topliss-reactive ketones (excluding diaryl/α,β-unsaturated/α-hetero) is 1. The number of carbonyl (C=O) groups excluding carboxylic acids is 7. The molecule has 10 atom stereocenters. The zero-order valence-corrected chi connectivity index (χ0v) is 28.9. The molecule has 0 amide bonds. The Balaban J connectivity index is 1.80. The summed E-state index contributed by atoms with van der Waals surface area (Å²) in [6.45, 7) is 10.8. The van der Waals surface area contributed by atoms with Gasteiger partial charge in [-0.3, -0.25) is 19.2 Å². The highest BCUT2D eigenvalue weighted by atomic mass is 16.6. The van der Waals surface area contributed by atoms with E-state index in [2.05, 4.69) is 0 Å². The summed E-state index contributed by atoms with van der Waals surface area (Å²) in [7, 11) is 1.06. The molecule has 5 aliphatic rings. The third-order valence-electron chi connectivity index (χ3n) is 11.1. The fourth-order valence-corrected chi connectivity index (χ4v) is 9.24. The monoisotopic (exact) mass is 690 g/mol. The summed E-state index contributed by atoms with van der Waals surface area (Å²) in [5.74, 6) is -9.34. The molecular weight excluding hydrogens is 648 g/mol. The van der Waals surface area contributed by atoms with E-state index in [1.54, 1.807) is 13.8 Å². The van der Waals surface area contributed by atoms with Crippen molar-refractivity contribution < 1.29 is 71.8 Å². The van der Waals surface area contributed by atoms with Crippen LogP contribution in [0.3, 0.4) is 0 Å². The summed E-state index contributed by atoms with van der Waals surface area (Å²) in [4.78, 5) is 92.8. The molecule has 5 rings (SSSR count). The van der Waals surface area contributed by atoms with Gasteiger partial charge in [-0.2, -0.15) is 0 Å². The smallest absolute Gasteiger partial charge is 0.348 e. The number of esters is 6. The third-order valence-corrected chi connectivity index (χ3v) is 11.1. The van der Waals surface area contributed by atoms with E-state index in [1.807, 2.05) is 0 Å². The minimum atomic E-state index is -2.36. The van der Waals surface area contributed by atoms with E-state index in [0.29, 0.717) is 5.57 Å². The lowest BCUT2D eigenvalue weighted by molar-refractivity contribution is -0.294. The summed E-state index contributed by atoms with van der Waals surface area (Å²) in [5, 5.41) is 10.4. The van der Waals surface area contributed by atoms with Crippen LogP contribution in [0.2, 0.25) is 0 Å². The Bertz CT molecular complexity index is 1580. The average molecular weight is 691 g/mol. The van der Waals surface area contributed by atoms with Crippen molar-refractivity contribution in [2.75, 3.05) is 13.7 Å². The second kappa shape index (κ2) is 12.0. The molecule has 2 aliphatic heterocycles. The minimum Gasteiger partial charge on any atom is -0.467 e. The highest BCUT2D eigenvalue weighted by molar-refractivity contribution is 5.98. The molecule has 4 fully saturated rings. The molecular formula is C34H42O15. The lowest BCUT2D eigenvalue weighted by atomic mass is 9.38. The molecule has 1 spiro atoms. The topological polar surface area (TPSA) is 204 Å². The summed E-state index contributed by atoms with van der Waals surface area (Å²) >= 11 is 0. The number of hydrogen-bond acceptors (Lipinski definition) is 15. The molecule has 0 aromatic heterocycles. The van der Waals surface area contributed by atoms with Gasteiger partial charge in [0.25, 0.3) is 0 Å². The van der Waals surface area contributed by atoms with Crippen molar-refractivity contribution >= 4 is 41.6 Å². The van der Waals surface area contributed by atoms with Gasteiger partial charge in [-0.05, 0) is 56.6 Å². The maximum absolute atomic E-state index is 14.1. The first kappa shape index (κ1) is 36.2. The van der Waals surface area contributed by atoms with Crippen LogP contribution in [0.25, 0.3) is 0 Å². The standard InChI is InChI=1S/C34H42O15/c1-14(31(6,7)42)10-22(39)49-25-27-33-13-44-34(27,30(41)43-9)28(47-18(5)37)24(46-17(4)36)26(33)32(8)12-20(38)23(45-16(3)35)15(2)19(32)11-21(33)48-29(25)40/h10,19,21,24-28,42H,11-13H2,1-9H3/b14-10+/t19-,21+,24+,25+,26+,27+,28-,32-,33+,34-/m0/s1. The van der Waals surface area contributed by atoms with E-state index >= 15 is 0 Å². The van der Waals surface area contributed by atoms with Crippen LogP contribution < -0.4 is 0 Å². The molecule has 2 saturated carbocycles. The normalized spacial score (nSPS) is 38.0. The van der Waals surface area contributed by atoms with Gasteiger partial charge in [-0.15, -0.1) is 0 Å². The fraction of sp³-hybridized carbons (Fsp3) is 0.676. The molecule has 15 nitrogen and oxygen atoms in total. The van der Waals surface area contributed by atoms with Crippen molar-refractivity contribution in [2.45, 2.75) is 104 Å². The molecule has 268 valence electrons. The van der Waals surface area contributed by atoms with Crippen LogP contribution in [0.15, 0.2) is 23.0 Å². The van der Waals surface area contributed by atoms with Crippen molar-refractivity contribution in [1.29, 1.82) is 0 Å². The molecule has 2 heterocycles. The van der Waals surface area contributed by atoms with Crippen molar-refractivity contribution in [3.8, 4) is 0 Å². The average Bonchev–Trinajstić information content (AvgIpc) is 3.27. The van der Waals surface area contributed by atoms with Gasteiger partial charge in [-0.1, -0.05) is 6.92 Å². The number of hydrogen-bond donors (Lipinski definition) is 1. The summed E-state index contributed by atoms with van der Waals surface area (Å²) < 4.78 is 40.5. The van der Waals surface area contributed by atoms with E-state index in [-0.39, 0.29) is 30.8 Å². The Morgan fingerprint density at radius 1 is 0.959 bits per heavy atom. The zero-order chi connectivity index (χ0) is 36.6. The van der Waals surface area contributed by atoms with E-state index in [1.165, 1.54) is 20.8 Å². The molecule has 2 bridgehead atoms. The largest absolute Gasteiger partial charge is 0.467 e. The Kier molecular flexibility index (Phi) is 8.89. The van der Waals surface area contributed by atoms with Crippen LogP contribution in [0.5, 0.6) is 0 Å². The molecule has 0 aromatic carbocycles. The van der Waals surface area contributed by atoms with Crippen LogP contribution in [0.4, 0.5) is 0 Å². The van der Waals surface area contributed by atoms with Gasteiger partial charge in [0.2, 0.25) is 11.7 Å². The van der Waals surface area contributed by atoms with E-state index in [0.717, 1.165) is 34.0 Å². The van der Waals surface area contributed by atoms with Crippen molar-refractivity contribution in [3.63, 3.8) is 0 Å². The maximum atomic E-state index is 14.1. The van der Waals surface area contributed by atoms with Gasteiger partial charge in [-0.25, -0.2) is 14.4 Å². The molecule has 0 unspecified atom stereocenters. The number of rotatable bonds is 7. The number of carbonyl (C=O) groups is 7. The second-order valence-electron chi connectivity index (χ2n) is 14.4. The number of ether oxygens (including phenoxy) is 7. The Hall–Kier alpha value is -4.11. The van der Waals surface area contributed by atoms with E-state index in [9.17, 15) is 38.7 Å². The number of methoxy groups -OCH3 is 1. The molecule has 2 saturated heterocycles. The van der Waals surface area contributed by atoms with Gasteiger partial charge in [0.05, 0.1) is 25.2 Å². The van der Waals surface area contributed by atoms with Crippen molar-refractivity contribution in [3.05, 3.63) is 23.0 Å². The first-order valence-electron chi connectivity index (χ1n) is 16.0. The minimum absolute atomic E-state index is 0.0587. The lowest BCUT2D eigenvalue weighted by Gasteiger charge is -2.67. The van der Waals surface area contributed by atoms with Gasteiger partial charge in [0, 0.05) is 44.6 Å². The predicted molar refractivity (Wildman–Crippen MR) is 161 cm³/mol. The zero-order valence-electron chi connectivity index (χ0n) is 28.9.